The summed E-state index contributed by atoms with van der Waals surface area (Å²) in [6.45, 7) is 18.4. The van der Waals surface area contributed by atoms with Crippen molar-refractivity contribution in [1.82, 2.24) is 35.6 Å². The minimum atomic E-state index is -1.78. The fourth-order valence-corrected chi connectivity index (χ4v) is 10.8. The molecule has 12 atom stereocenters. The number of carbonyl (C=O) groups is 11. The molecule has 0 aromatic heterocycles. The quantitative estimate of drug-likeness (QED) is 0.105. The van der Waals surface area contributed by atoms with Crippen molar-refractivity contribution in [1.29, 1.82) is 0 Å². The van der Waals surface area contributed by atoms with Gasteiger partial charge in [0.1, 0.15) is 54.0 Å². The molecule has 0 bridgehead atoms. The highest BCUT2D eigenvalue weighted by molar-refractivity contribution is 6.35. The number of hydrogen-bond acceptors (Lipinski definition) is 15. The summed E-state index contributed by atoms with van der Waals surface area (Å²) in [5, 5.41) is 20.2. The molecule has 4 rings (SSSR count). The molecule has 3 heterocycles. The van der Waals surface area contributed by atoms with Gasteiger partial charge in [-0.2, -0.15) is 0 Å². The summed E-state index contributed by atoms with van der Waals surface area (Å²) in [5.74, 6) is -11.2. The molecule has 22 nitrogen and oxygen atoms in total. The first-order valence-corrected chi connectivity index (χ1v) is 28.4. The predicted octanol–water partition coefficient (Wildman–Crippen LogP) is 2.91. The summed E-state index contributed by atoms with van der Waals surface area (Å²) in [6, 6.07) is -2.31. The zero-order valence-electron chi connectivity index (χ0n) is 49.4. The number of benzene rings is 1. The van der Waals surface area contributed by atoms with E-state index in [0.29, 0.717) is 30.6 Å². The molecule has 0 aliphatic carbocycles. The van der Waals surface area contributed by atoms with Gasteiger partial charge in [0.2, 0.25) is 41.2 Å². The lowest BCUT2D eigenvalue weighted by molar-refractivity contribution is -0.163. The van der Waals surface area contributed by atoms with Crippen molar-refractivity contribution in [2.45, 2.75) is 201 Å². The fraction of sp³-hybridized carbons (Fsp3) is 0.707. The second-order valence-electron chi connectivity index (χ2n) is 23.0. The Labute approximate surface area is 471 Å². The molecule has 1 unspecified atom stereocenters. The molecule has 3 saturated heterocycles. The number of fused-ring (bicyclic) bond motifs is 1. The number of Topliss-reactive ketones (excluding diaryl/α,β-unsaturated/α-hetero) is 2. The number of carbonyl (C=O) groups excluding carboxylic acids is 11. The Hall–Kier alpha value is -6.45. The van der Waals surface area contributed by atoms with Crippen molar-refractivity contribution in [2.24, 2.45) is 29.6 Å². The van der Waals surface area contributed by atoms with E-state index < -0.39 is 150 Å². The van der Waals surface area contributed by atoms with Gasteiger partial charge in [-0.15, -0.1) is 0 Å². The second kappa shape index (κ2) is 29.8. The van der Waals surface area contributed by atoms with Crippen LogP contribution in [0.15, 0.2) is 24.3 Å². The maximum atomic E-state index is 15.0. The van der Waals surface area contributed by atoms with Crippen LogP contribution in [0.25, 0.3) is 0 Å². The number of hydrogen-bond donors (Lipinski definition) is 4. The van der Waals surface area contributed by atoms with Gasteiger partial charge in [-0.3, -0.25) is 47.9 Å². The molecule has 3 fully saturated rings. The first kappa shape index (κ1) is 66.1. The molecule has 0 spiro atoms. The fourth-order valence-electron chi connectivity index (χ4n) is 10.8. The Balaban J connectivity index is 1.90. The van der Waals surface area contributed by atoms with Crippen molar-refractivity contribution in [3.05, 3.63) is 29.8 Å². The number of aliphatic hydroxyl groups is 1. The number of methoxy groups -OCH3 is 1. The lowest BCUT2D eigenvalue weighted by Gasteiger charge is -2.36. The van der Waals surface area contributed by atoms with Gasteiger partial charge in [0.15, 0.2) is 11.9 Å². The smallest absolute Gasteiger partial charge is 0.329 e. The molecule has 1 aromatic carbocycles. The van der Waals surface area contributed by atoms with Gasteiger partial charge in [0, 0.05) is 40.5 Å². The van der Waals surface area contributed by atoms with Crippen LogP contribution in [-0.4, -0.2) is 184 Å². The van der Waals surface area contributed by atoms with Crippen LogP contribution in [0.4, 0.5) is 0 Å². The number of nitrogens with one attached hydrogen (secondary N) is 3. The molecule has 80 heavy (non-hydrogen) atoms. The molecule has 3 aliphatic heterocycles. The molecular weight excluding hydrogens is 1030 g/mol. The van der Waals surface area contributed by atoms with Gasteiger partial charge in [-0.1, -0.05) is 80.9 Å². The van der Waals surface area contributed by atoms with Crippen molar-refractivity contribution < 1.29 is 72.1 Å². The molecule has 0 radical (unpaired) electrons. The number of nitrogens with zero attached hydrogens (tertiary/aromatic N) is 4. The molecular formula is C58H89N7O15. The van der Waals surface area contributed by atoms with Crippen LogP contribution in [0.5, 0.6) is 5.75 Å². The van der Waals surface area contributed by atoms with Crippen molar-refractivity contribution in [2.75, 3.05) is 34.3 Å². The summed E-state index contributed by atoms with van der Waals surface area (Å²) < 4.78 is 17.3. The number of esters is 2. The Kier molecular flexibility index (Phi) is 24.6. The molecule has 7 amide bonds. The highest BCUT2D eigenvalue weighted by atomic mass is 16.6. The average Bonchev–Trinajstić information content (AvgIpc) is 4.11. The van der Waals surface area contributed by atoms with Crippen LogP contribution in [0.2, 0.25) is 0 Å². The molecule has 446 valence electrons. The zero-order chi connectivity index (χ0) is 60.0. The minimum absolute atomic E-state index is 0.0255. The topological polar surface area (TPSA) is 285 Å². The van der Waals surface area contributed by atoms with Crippen LogP contribution in [0, 0.1) is 29.6 Å². The van der Waals surface area contributed by atoms with Gasteiger partial charge in [-0.25, -0.2) is 4.79 Å². The molecule has 0 saturated carbocycles. The highest BCUT2D eigenvalue weighted by Crippen LogP contribution is 2.27. The lowest BCUT2D eigenvalue weighted by Crippen LogP contribution is -2.62. The Morgan fingerprint density at radius 3 is 2.06 bits per heavy atom. The second-order valence-corrected chi connectivity index (χ2v) is 23.0. The maximum Gasteiger partial charge on any atom is 0.329 e. The normalized spacial score (nSPS) is 27.0. The van der Waals surface area contributed by atoms with Gasteiger partial charge >= 0.3 is 11.9 Å². The van der Waals surface area contributed by atoms with Gasteiger partial charge in [-0.05, 0) is 93.2 Å². The average molecular weight is 1120 g/mol. The van der Waals surface area contributed by atoms with Crippen LogP contribution in [0.3, 0.4) is 0 Å². The number of ether oxygens (including phenoxy) is 3. The number of cyclic esters (lactones) is 2. The standard InChI is InChI=1S/C58H89N7O15/c1-15-34(9)47-45(67)30-46(68)80-50(33(7)8)49(69)39(16-2)51(70)59-40(27-31(3)4)55(74)65-26-18-20-42(65)57(76)63(13)44(29-37-21-23-38(78-14)24-22-37)58(77)79-36(11)48(53(72)60-47)61-52(71)43(28-32(5)6)62(12)56(75)41-19-17-25-64(41)54(73)35(10)66/h21-24,31-34,36,39-45,47-48,50,67H,15-20,25-30H2,1-14H3,(H,59,70)(H,60,72)(H,61,71)/t34-,36+,39-,40-,41?,42-,43+,44-,45-,47+,48-,50-/m0/s1. The van der Waals surface area contributed by atoms with E-state index in [9.17, 15) is 53.1 Å². The lowest BCUT2D eigenvalue weighted by atomic mass is 9.89. The first-order valence-electron chi connectivity index (χ1n) is 28.4. The van der Waals surface area contributed by atoms with E-state index in [0.717, 1.165) is 6.92 Å². The minimum Gasteiger partial charge on any atom is -0.497 e. The number of likely N-dealkylation sites (tertiary alicyclic amines) is 1. The third-order valence-electron chi connectivity index (χ3n) is 15.7. The summed E-state index contributed by atoms with van der Waals surface area (Å²) in [4.78, 5) is 161. The third-order valence-corrected chi connectivity index (χ3v) is 15.7. The van der Waals surface area contributed by atoms with Crippen LogP contribution in [-0.2, 0) is 68.6 Å². The largest absolute Gasteiger partial charge is 0.497 e. The van der Waals surface area contributed by atoms with Crippen LogP contribution in [0.1, 0.15) is 140 Å². The van der Waals surface area contributed by atoms with E-state index in [1.807, 2.05) is 27.7 Å². The van der Waals surface area contributed by atoms with Crippen LogP contribution < -0.4 is 20.7 Å². The molecule has 4 N–H and O–H groups in total. The summed E-state index contributed by atoms with van der Waals surface area (Å²) in [7, 11) is 4.27. The predicted molar refractivity (Wildman–Crippen MR) is 294 cm³/mol. The number of ketones is 2. The molecule has 22 heteroatoms. The highest BCUT2D eigenvalue weighted by Gasteiger charge is 2.46. The Morgan fingerprint density at radius 1 is 0.863 bits per heavy atom. The number of amides is 7. The number of aliphatic hydroxyl groups excluding tert-OH is 1. The van der Waals surface area contributed by atoms with E-state index in [1.165, 1.54) is 47.7 Å². The number of likely N-dealkylation sites (N-methyl/N-ethyl adjacent to an activating group) is 2. The summed E-state index contributed by atoms with van der Waals surface area (Å²) in [6.07, 6.45) is -3.77. The Bertz CT molecular complexity index is 2400. The zero-order valence-corrected chi connectivity index (χ0v) is 49.4. The monoisotopic (exact) mass is 1120 g/mol. The summed E-state index contributed by atoms with van der Waals surface area (Å²) in [5.41, 5.74) is 0.567. The van der Waals surface area contributed by atoms with E-state index in [4.69, 9.17) is 14.2 Å². The van der Waals surface area contributed by atoms with Gasteiger partial charge in [0.25, 0.3) is 5.91 Å². The molecule has 3 aliphatic rings. The van der Waals surface area contributed by atoms with Gasteiger partial charge in [0.05, 0.1) is 25.7 Å². The van der Waals surface area contributed by atoms with Crippen molar-refractivity contribution >= 4 is 64.9 Å². The Morgan fingerprint density at radius 2 is 1.50 bits per heavy atom. The van der Waals surface area contributed by atoms with Crippen molar-refractivity contribution in [3.63, 3.8) is 0 Å². The maximum absolute atomic E-state index is 15.0. The van der Waals surface area contributed by atoms with E-state index in [2.05, 4.69) is 16.0 Å². The van der Waals surface area contributed by atoms with E-state index in [-0.39, 0.29) is 63.5 Å². The van der Waals surface area contributed by atoms with Crippen molar-refractivity contribution in [3.8, 4) is 5.75 Å². The first-order chi connectivity index (χ1) is 37.6. The SMILES string of the molecule is CC[C@@H]1C(=O)N[C@@H](CC(C)C)C(=O)N2CCC[C@H]2C(=O)N(C)[C@@H](Cc2ccc(OC)cc2)C(=O)O[C@H](C)[C@H](NC(=O)[C@@H](CC(C)C)N(C)C(=O)C2CCCN2C(=O)C(C)=O)C(=O)N[C@H]([C@@H](C)CC)[C@@H](O)CC(=O)O[C@@H](C(C)C)C1=O. The van der Waals surface area contributed by atoms with E-state index in [1.54, 1.807) is 58.9 Å². The number of rotatable bonds is 16. The van der Waals surface area contributed by atoms with Gasteiger partial charge < -0.3 is 54.9 Å². The van der Waals surface area contributed by atoms with E-state index >= 15 is 4.79 Å². The molecule has 1 aromatic rings. The third kappa shape index (κ3) is 16.8. The summed E-state index contributed by atoms with van der Waals surface area (Å²) >= 11 is 0. The van der Waals surface area contributed by atoms with Crippen LogP contribution >= 0.6 is 0 Å².